The Morgan fingerprint density at radius 2 is 2.08 bits per heavy atom. The van der Waals surface area contributed by atoms with E-state index in [2.05, 4.69) is 45.2 Å². The minimum atomic E-state index is 0.605. The summed E-state index contributed by atoms with van der Waals surface area (Å²) in [5.74, 6) is 1.83. The zero-order chi connectivity index (χ0) is 18.4. The Morgan fingerprint density at radius 3 is 2.73 bits per heavy atom. The summed E-state index contributed by atoms with van der Waals surface area (Å²) in [4.78, 5) is 14.0. The summed E-state index contributed by atoms with van der Waals surface area (Å²) in [5.41, 5.74) is 3.21. The topological polar surface area (TPSA) is 69.8 Å². The van der Waals surface area contributed by atoms with E-state index in [4.69, 9.17) is 9.52 Å². The van der Waals surface area contributed by atoms with Crippen molar-refractivity contribution >= 4 is 5.96 Å². The summed E-state index contributed by atoms with van der Waals surface area (Å²) in [6, 6.07) is 6.05. The van der Waals surface area contributed by atoms with Crippen LogP contribution in [0, 0.1) is 13.8 Å². The van der Waals surface area contributed by atoms with Crippen molar-refractivity contribution in [3.63, 3.8) is 0 Å². The lowest BCUT2D eigenvalue weighted by Crippen LogP contribution is -2.52. The van der Waals surface area contributed by atoms with E-state index in [-0.39, 0.29) is 0 Å². The van der Waals surface area contributed by atoms with Gasteiger partial charge in [-0.1, -0.05) is 11.2 Å². The molecule has 0 unspecified atom stereocenters. The van der Waals surface area contributed by atoms with Crippen LogP contribution in [0.15, 0.2) is 33.9 Å². The summed E-state index contributed by atoms with van der Waals surface area (Å²) in [6.07, 6.45) is 1.83. The zero-order valence-electron chi connectivity index (χ0n) is 15.9. The summed E-state index contributed by atoms with van der Waals surface area (Å²) >= 11 is 0. The highest BCUT2D eigenvalue weighted by molar-refractivity contribution is 5.80. The summed E-state index contributed by atoms with van der Waals surface area (Å²) in [6.45, 7) is 12.3. The Hall–Kier alpha value is -2.41. The monoisotopic (exact) mass is 356 g/mol. The summed E-state index contributed by atoms with van der Waals surface area (Å²) in [5, 5.41) is 7.50. The molecule has 26 heavy (non-hydrogen) atoms. The molecule has 1 aliphatic rings. The van der Waals surface area contributed by atoms with Crippen molar-refractivity contribution < 1.29 is 4.52 Å². The maximum Gasteiger partial charge on any atom is 0.194 e. The molecule has 0 saturated carbocycles. The third kappa shape index (κ3) is 4.82. The first-order chi connectivity index (χ1) is 12.7. The van der Waals surface area contributed by atoms with E-state index in [0.717, 1.165) is 62.4 Å². The summed E-state index contributed by atoms with van der Waals surface area (Å²) in [7, 11) is 0. The van der Waals surface area contributed by atoms with Gasteiger partial charge in [0.2, 0.25) is 0 Å². The number of aromatic nitrogens is 2. The number of aliphatic imine (C=N–C) groups is 1. The molecule has 3 heterocycles. The molecule has 7 nitrogen and oxygen atoms in total. The van der Waals surface area contributed by atoms with Gasteiger partial charge in [-0.15, -0.1) is 0 Å². The van der Waals surface area contributed by atoms with Crippen LogP contribution in [0.3, 0.4) is 0 Å². The van der Waals surface area contributed by atoms with Crippen molar-refractivity contribution in [3.8, 4) is 0 Å². The number of piperazine rings is 1. The Morgan fingerprint density at radius 1 is 1.27 bits per heavy atom. The molecule has 1 N–H and O–H groups in total. The first kappa shape index (κ1) is 18.4. The van der Waals surface area contributed by atoms with Gasteiger partial charge in [-0.2, -0.15) is 0 Å². The van der Waals surface area contributed by atoms with Crippen LogP contribution in [0.5, 0.6) is 0 Å². The third-order valence-electron chi connectivity index (χ3n) is 4.57. The minimum Gasteiger partial charge on any atom is -0.361 e. The number of hydrogen-bond donors (Lipinski definition) is 1. The Kier molecular flexibility index (Phi) is 6.22. The van der Waals surface area contributed by atoms with Crippen LogP contribution in [-0.2, 0) is 13.1 Å². The van der Waals surface area contributed by atoms with Gasteiger partial charge in [0.05, 0.1) is 17.9 Å². The van der Waals surface area contributed by atoms with Gasteiger partial charge in [0.1, 0.15) is 5.76 Å². The number of nitrogens with one attached hydrogen (secondary N) is 1. The van der Waals surface area contributed by atoms with Crippen molar-refractivity contribution in [3.05, 3.63) is 47.1 Å². The van der Waals surface area contributed by atoms with Gasteiger partial charge < -0.3 is 14.7 Å². The minimum absolute atomic E-state index is 0.605. The molecule has 1 aliphatic heterocycles. The first-order valence-corrected chi connectivity index (χ1v) is 9.24. The molecule has 0 atom stereocenters. The predicted octanol–water partition coefficient (Wildman–Crippen LogP) is 1.97. The highest BCUT2D eigenvalue weighted by atomic mass is 16.5. The number of aryl methyl sites for hydroxylation is 2. The standard InChI is InChI=1S/C19H28N6O/c1-4-20-19(22-13-18-15(2)6-5-7-21-18)25-10-8-24(9-11-25)14-17-12-16(3)26-23-17/h5-7,12H,4,8-11,13-14H2,1-3H3,(H,20,22). The zero-order valence-corrected chi connectivity index (χ0v) is 15.9. The van der Waals surface area contributed by atoms with Crippen LogP contribution >= 0.6 is 0 Å². The van der Waals surface area contributed by atoms with Crippen molar-refractivity contribution in [1.29, 1.82) is 0 Å². The largest absolute Gasteiger partial charge is 0.361 e. The highest BCUT2D eigenvalue weighted by Gasteiger charge is 2.20. The fourth-order valence-corrected chi connectivity index (χ4v) is 3.10. The quantitative estimate of drug-likeness (QED) is 0.652. The van der Waals surface area contributed by atoms with Gasteiger partial charge in [0.25, 0.3) is 0 Å². The first-order valence-electron chi connectivity index (χ1n) is 9.24. The second kappa shape index (κ2) is 8.80. The Bertz CT molecular complexity index is 733. The average molecular weight is 356 g/mol. The molecule has 0 aliphatic carbocycles. The predicted molar refractivity (Wildman–Crippen MR) is 102 cm³/mol. The van der Waals surface area contributed by atoms with E-state index in [1.165, 1.54) is 5.56 Å². The molecular weight excluding hydrogens is 328 g/mol. The van der Waals surface area contributed by atoms with Gasteiger partial charge in [-0.25, -0.2) is 4.99 Å². The number of nitrogens with zero attached hydrogens (tertiary/aromatic N) is 5. The van der Waals surface area contributed by atoms with E-state index < -0.39 is 0 Å². The molecule has 2 aromatic rings. The lowest BCUT2D eigenvalue weighted by molar-refractivity contribution is 0.169. The van der Waals surface area contributed by atoms with Crippen LogP contribution < -0.4 is 5.32 Å². The lowest BCUT2D eigenvalue weighted by Gasteiger charge is -2.36. The van der Waals surface area contributed by atoms with E-state index in [1.54, 1.807) is 0 Å². The third-order valence-corrected chi connectivity index (χ3v) is 4.57. The van der Waals surface area contributed by atoms with Crippen molar-refractivity contribution in [2.24, 2.45) is 4.99 Å². The molecule has 7 heteroatoms. The molecule has 1 fully saturated rings. The molecule has 140 valence electrons. The molecule has 0 bridgehead atoms. The number of guanidine groups is 1. The van der Waals surface area contributed by atoms with Crippen LogP contribution in [0.25, 0.3) is 0 Å². The van der Waals surface area contributed by atoms with Crippen molar-refractivity contribution in [2.45, 2.75) is 33.9 Å². The SMILES string of the molecule is CCNC(=NCc1ncccc1C)N1CCN(Cc2cc(C)on2)CC1. The van der Waals surface area contributed by atoms with Gasteiger partial charge in [-0.3, -0.25) is 9.88 Å². The molecule has 2 aromatic heterocycles. The molecule has 1 saturated heterocycles. The normalized spacial score (nSPS) is 16.1. The van der Waals surface area contributed by atoms with Crippen LogP contribution in [0.2, 0.25) is 0 Å². The van der Waals surface area contributed by atoms with Gasteiger partial charge >= 0.3 is 0 Å². The molecule has 0 aromatic carbocycles. The average Bonchev–Trinajstić information content (AvgIpc) is 3.05. The maximum atomic E-state index is 5.16. The maximum absolute atomic E-state index is 5.16. The number of pyridine rings is 1. The van der Waals surface area contributed by atoms with Gasteiger partial charge in [0.15, 0.2) is 5.96 Å². The smallest absolute Gasteiger partial charge is 0.194 e. The van der Waals surface area contributed by atoms with E-state index in [9.17, 15) is 0 Å². The van der Waals surface area contributed by atoms with Gasteiger partial charge in [-0.05, 0) is 32.4 Å². The van der Waals surface area contributed by atoms with E-state index >= 15 is 0 Å². The van der Waals surface area contributed by atoms with Gasteiger partial charge in [0, 0.05) is 51.5 Å². The van der Waals surface area contributed by atoms with Crippen LogP contribution in [-0.4, -0.2) is 58.6 Å². The highest BCUT2D eigenvalue weighted by Crippen LogP contribution is 2.10. The molecular formula is C19H28N6O. The molecule has 0 radical (unpaired) electrons. The fourth-order valence-electron chi connectivity index (χ4n) is 3.10. The van der Waals surface area contributed by atoms with Crippen LogP contribution in [0.4, 0.5) is 0 Å². The lowest BCUT2D eigenvalue weighted by atomic mass is 10.2. The second-order valence-corrected chi connectivity index (χ2v) is 6.63. The fraction of sp³-hybridized carbons (Fsp3) is 0.526. The molecule has 0 amide bonds. The number of rotatable bonds is 5. The van der Waals surface area contributed by atoms with E-state index in [1.807, 2.05) is 25.3 Å². The van der Waals surface area contributed by atoms with Crippen molar-refractivity contribution in [1.82, 2.24) is 25.3 Å². The van der Waals surface area contributed by atoms with Crippen molar-refractivity contribution in [2.75, 3.05) is 32.7 Å². The Balaban J connectivity index is 1.57. The Labute approximate surface area is 155 Å². The van der Waals surface area contributed by atoms with Crippen LogP contribution in [0.1, 0.15) is 29.6 Å². The molecule has 0 spiro atoms. The number of hydrogen-bond acceptors (Lipinski definition) is 5. The second-order valence-electron chi connectivity index (χ2n) is 6.63. The van der Waals surface area contributed by atoms with E-state index in [0.29, 0.717) is 6.54 Å². The summed E-state index contributed by atoms with van der Waals surface area (Å²) < 4.78 is 5.16. The molecule has 3 rings (SSSR count).